The van der Waals surface area contributed by atoms with Crippen LogP contribution in [0.5, 0.6) is 0 Å². The van der Waals surface area contributed by atoms with Crippen molar-refractivity contribution in [2.45, 2.75) is 65.8 Å². The fourth-order valence-corrected chi connectivity index (χ4v) is 1.29. The van der Waals surface area contributed by atoms with Crippen molar-refractivity contribution in [3.05, 3.63) is 0 Å². The molecule has 0 atom stereocenters. The van der Waals surface area contributed by atoms with E-state index in [0.717, 1.165) is 0 Å². The van der Waals surface area contributed by atoms with E-state index in [1.165, 1.54) is 37.8 Å². The first kappa shape index (κ1) is 11.7. The van der Waals surface area contributed by atoms with Crippen molar-refractivity contribution in [2.75, 3.05) is 0 Å². The van der Waals surface area contributed by atoms with E-state index in [1.807, 2.05) is 0 Å². The predicted octanol–water partition coefficient (Wildman–Crippen LogP) is 3.83. The molecule has 72 valence electrons. The molecule has 0 radical (unpaired) electrons. The third-order valence-electron chi connectivity index (χ3n) is 1.80. The largest absolute Gasteiger partial charge is 0.291 e. The second-order valence-corrected chi connectivity index (χ2v) is 3.64. The number of unbranched alkanes of at least 4 members (excludes halogenated alkanes) is 1. The Morgan fingerprint density at radius 2 is 1.75 bits per heavy atom. The van der Waals surface area contributed by atoms with Crippen LogP contribution in [0.1, 0.15) is 59.8 Å². The minimum atomic E-state index is 0.475. The molecule has 1 nitrogen and oxygen atoms in total. The smallest absolute Gasteiger partial charge is 0.0442 e. The lowest BCUT2D eigenvalue weighted by atomic mass is 10.1. The molecular weight excluding hydrogens is 146 g/mol. The second kappa shape index (κ2) is 7.33. The van der Waals surface area contributed by atoms with E-state index in [-0.39, 0.29) is 0 Å². The zero-order valence-corrected chi connectivity index (χ0v) is 9.06. The maximum atomic E-state index is 4.62. The van der Waals surface area contributed by atoms with Crippen LogP contribution in [0.15, 0.2) is 4.99 Å². The maximum absolute atomic E-state index is 4.62. The summed E-state index contributed by atoms with van der Waals surface area (Å²) >= 11 is 0. The van der Waals surface area contributed by atoms with E-state index in [0.29, 0.717) is 6.04 Å². The Morgan fingerprint density at radius 3 is 2.17 bits per heavy atom. The van der Waals surface area contributed by atoms with Gasteiger partial charge in [-0.1, -0.05) is 26.7 Å². The van der Waals surface area contributed by atoms with Crippen LogP contribution in [0, 0.1) is 0 Å². The minimum Gasteiger partial charge on any atom is -0.291 e. The lowest BCUT2D eigenvalue weighted by Crippen LogP contribution is -2.02. The molecular formula is C11H23N. The van der Waals surface area contributed by atoms with Gasteiger partial charge in [0.15, 0.2) is 0 Å². The standard InChI is InChI=1S/C11H23N/c1-5-7-9-11(8-6-2)12-10(3)4/h10H,5-9H2,1-4H3. The molecule has 0 amide bonds. The van der Waals surface area contributed by atoms with Gasteiger partial charge in [0.05, 0.1) is 0 Å². The SMILES string of the molecule is CCCCC(CCC)=NC(C)C. The molecule has 0 heterocycles. The average molecular weight is 169 g/mol. The topological polar surface area (TPSA) is 12.4 Å². The first-order valence-corrected chi connectivity index (χ1v) is 5.26. The van der Waals surface area contributed by atoms with Gasteiger partial charge in [0, 0.05) is 11.8 Å². The summed E-state index contributed by atoms with van der Waals surface area (Å²) in [6.45, 7) is 8.77. The Labute approximate surface area is 77.3 Å². The van der Waals surface area contributed by atoms with E-state index >= 15 is 0 Å². The van der Waals surface area contributed by atoms with E-state index in [9.17, 15) is 0 Å². The summed E-state index contributed by atoms with van der Waals surface area (Å²) in [6.07, 6.45) is 6.21. The lowest BCUT2D eigenvalue weighted by Gasteiger charge is -2.06. The summed E-state index contributed by atoms with van der Waals surface area (Å²) in [5.74, 6) is 0. The molecule has 0 aliphatic carbocycles. The molecule has 0 saturated heterocycles. The molecule has 0 fully saturated rings. The fraction of sp³-hybridized carbons (Fsp3) is 0.909. The first-order chi connectivity index (χ1) is 5.70. The van der Waals surface area contributed by atoms with Crippen molar-refractivity contribution in [3.8, 4) is 0 Å². The van der Waals surface area contributed by atoms with Gasteiger partial charge in [-0.25, -0.2) is 0 Å². The summed E-state index contributed by atoms with van der Waals surface area (Å²) in [6, 6.07) is 0.475. The quantitative estimate of drug-likeness (QED) is 0.536. The van der Waals surface area contributed by atoms with E-state index < -0.39 is 0 Å². The van der Waals surface area contributed by atoms with Gasteiger partial charge in [0.25, 0.3) is 0 Å². The van der Waals surface area contributed by atoms with Crippen LogP contribution in [-0.4, -0.2) is 11.8 Å². The molecule has 0 spiro atoms. The van der Waals surface area contributed by atoms with Crippen LogP contribution >= 0.6 is 0 Å². The summed E-state index contributed by atoms with van der Waals surface area (Å²) in [5.41, 5.74) is 1.43. The van der Waals surface area contributed by atoms with Gasteiger partial charge in [-0.05, 0) is 33.1 Å². The number of hydrogen-bond acceptors (Lipinski definition) is 1. The van der Waals surface area contributed by atoms with Crippen LogP contribution < -0.4 is 0 Å². The molecule has 0 N–H and O–H groups in total. The molecule has 0 aromatic carbocycles. The zero-order chi connectivity index (χ0) is 9.40. The van der Waals surface area contributed by atoms with Crippen molar-refractivity contribution in [2.24, 2.45) is 4.99 Å². The van der Waals surface area contributed by atoms with Crippen molar-refractivity contribution in [1.29, 1.82) is 0 Å². The normalized spacial score (nSPS) is 12.6. The summed E-state index contributed by atoms with van der Waals surface area (Å²) < 4.78 is 0. The van der Waals surface area contributed by atoms with Gasteiger partial charge in [0.1, 0.15) is 0 Å². The molecule has 1 heteroatoms. The summed E-state index contributed by atoms with van der Waals surface area (Å²) in [5, 5.41) is 0. The highest BCUT2D eigenvalue weighted by molar-refractivity contribution is 5.84. The Hall–Kier alpha value is -0.330. The lowest BCUT2D eigenvalue weighted by molar-refractivity contribution is 0.778. The molecule has 0 rings (SSSR count). The molecule has 0 aliphatic rings. The van der Waals surface area contributed by atoms with Crippen LogP contribution in [0.25, 0.3) is 0 Å². The Morgan fingerprint density at radius 1 is 1.08 bits per heavy atom. The van der Waals surface area contributed by atoms with Crippen LogP contribution in [0.3, 0.4) is 0 Å². The van der Waals surface area contributed by atoms with Gasteiger partial charge < -0.3 is 0 Å². The molecule has 12 heavy (non-hydrogen) atoms. The predicted molar refractivity (Wildman–Crippen MR) is 57.0 cm³/mol. The van der Waals surface area contributed by atoms with Gasteiger partial charge in [-0.15, -0.1) is 0 Å². The zero-order valence-electron chi connectivity index (χ0n) is 9.06. The van der Waals surface area contributed by atoms with Crippen molar-refractivity contribution < 1.29 is 0 Å². The molecule has 0 aromatic heterocycles. The molecule has 0 aliphatic heterocycles. The van der Waals surface area contributed by atoms with Gasteiger partial charge in [0.2, 0.25) is 0 Å². The minimum absolute atomic E-state index is 0.475. The third-order valence-corrected chi connectivity index (χ3v) is 1.80. The van der Waals surface area contributed by atoms with Crippen molar-refractivity contribution in [3.63, 3.8) is 0 Å². The number of aliphatic imine (C=N–C) groups is 1. The van der Waals surface area contributed by atoms with Crippen molar-refractivity contribution in [1.82, 2.24) is 0 Å². The Balaban J connectivity index is 3.85. The summed E-state index contributed by atoms with van der Waals surface area (Å²) in [7, 11) is 0. The molecule has 0 bridgehead atoms. The monoisotopic (exact) mass is 169 g/mol. The van der Waals surface area contributed by atoms with Crippen LogP contribution in [0.2, 0.25) is 0 Å². The third kappa shape index (κ3) is 6.38. The van der Waals surface area contributed by atoms with Gasteiger partial charge in [-0.3, -0.25) is 4.99 Å². The average Bonchev–Trinajstić information content (AvgIpc) is 2.00. The van der Waals surface area contributed by atoms with Crippen molar-refractivity contribution >= 4 is 5.71 Å². The maximum Gasteiger partial charge on any atom is 0.0442 e. The first-order valence-electron chi connectivity index (χ1n) is 5.26. The van der Waals surface area contributed by atoms with E-state index in [1.54, 1.807) is 0 Å². The Kier molecular flexibility index (Phi) is 7.12. The Bertz CT molecular complexity index is 125. The van der Waals surface area contributed by atoms with Crippen LogP contribution in [0.4, 0.5) is 0 Å². The molecule has 0 unspecified atom stereocenters. The van der Waals surface area contributed by atoms with Gasteiger partial charge >= 0.3 is 0 Å². The van der Waals surface area contributed by atoms with E-state index in [4.69, 9.17) is 0 Å². The highest BCUT2D eigenvalue weighted by atomic mass is 14.8. The number of hydrogen-bond donors (Lipinski definition) is 0. The molecule has 0 aromatic rings. The number of nitrogens with zero attached hydrogens (tertiary/aromatic N) is 1. The highest BCUT2D eigenvalue weighted by Crippen LogP contribution is 2.05. The van der Waals surface area contributed by atoms with E-state index in [2.05, 4.69) is 32.7 Å². The van der Waals surface area contributed by atoms with Gasteiger partial charge in [-0.2, -0.15) is 0 Å². The summed E-state index contributed by atoms with van der Waals surface area (Å²) in [4.78, 5) is 4.62. The molecule has 0 saturated carbocycles. The highest BCUT2D eigenvalue weighted by Gasteiger charge is 1.98. The second-order valence-electron chi connectivity index (χ2n) is 3.64. The van der Waals surface area contributed by atoms with Crippen LogP contribution in [-0.2, 0) is 0 Å². The number of rotatable bonds is 6. The fourth-order valence-electron chi connectivity index (χ4n) is 1.29.